The molecule has 0 atom stereocenters. The third-order valence-corrected chi connectivity index (χ3v) is 7.29. The number of halogens is 2. The van der Waals surface area contributed by atoms with Crippen LogP contribution in [0.1, 0.15) is 10.4 Å². The summed E-state index contributed by atoms with van der Waals surface area (Å²) in [5.74, 6) is -0.961. The predicted molar refractivity (Wildman–Crippen MR) is 119 cm³/mol. The summed E-state index contributed by atoms with van der Waals surface area (Å²) in [7, 11) is -3.58. The van der Waals surface area contributed by atoms with Crippen LogP contribution in [0.2, 0.25) is 10.0 Å². The Kier molecular flexibility index (Phi) is 7.37. The molecule has 0 bridgehead atoms. The molecule has 1 saturated heterocycles. The molecule has 0 unspecified atom stereocenters. The maximum atomic E-state index is 12.6. The van der Waals surface area contributed by atoms with E-state index < -0.39 is 20.9 Å². The van der Waals surface area contributed by atoms with Gasteiger partial charge in [-0.15, -0.1) is 0 Å². The van der Waals surface area contributed by atoms with E-state index in [0.29, 0.717) is 31.2 Å². The number of carbonyl (C=O) groups is 1. The van der Waals surface area contributed by atoms with Crippen molar-refractivity contribution in [3.8, 4) is 0 Å². The molecule has 0 radical (unpaired) electrons. The van der Waals surface area contributed by atoms with Crippen molar-refractivity contribution in [2.75, 3.05) is 43.4 Å². The Morgan fingerprint density at radius 1 is 1.10 bits per heavy atom. The Morgan fingerprint density at radius 3 is 2.45 bits per heavy atom. The van der Waals surface area contributed by atoms with Gasteiger partial charge >= 0.3 is 0 Å². The zero-order chi connectivity index (χ0) is 22.6. The molecule has 12 heteroatoms. The maximum absolute atomic E-state index is 12.6. The lowest BCUT2D eigenvalue weighted by Gasteiger charge is -2.35. The molecule has 0 saturated carbocycles. The Labute approximate surface area is 189 Å². The second-order valence-corrected chi connectivity index (χ2v) is 9.79. The van der Waals surface area contributed by atoms with Crippen LogP contribution >= 0.6 is 23.2 Å². The predicted octanol–water partition coefficient (Wildman–Crippen LogP) is 2.78. The Bertz CT molecular complexity index is 1090. The number of anilines is 1. The second-order valence-electron chi connectivity index (χ2n) is 6.86. The van der Waals surface area contributed by atoms with Gasteiger partial charge in [-0.1, -0.05) is 29.3 Å². The van der Waals surface area contributed by atoms with Crippen molar-refractivity contribution in [1.82, 2.24) is 9.62 Å². The molecule has 2 aromatic rings. The van der Waals surface area contributed by atoms with Gasteiger partial charge in [0.1, 0.15) is 0 Å². The summed E-state index contributed by atoms with van der Waals surface area (Å²) in [6, 6.07) is 10.9. The minimum absolute atomic E-state index is 0.0445. The van der Waals surface area contributed by atoms with Crippen molar-refractivity contribution in [3.63, 3.8) is 0 Å². The maximum Gasteiger partial charge on any atom is 0.270 e. The fourth-order valence-corrected chi connectivity index (χ4v) is 4.94. The number of amides is 1. The van der Waals surface area contributed by atoms with Gasteiger partial charge in [0.05, 0.1) is 21.3 Å². The van der Waals surface area contributed by atoms with Crippen LogP contribution in [-0.2, 0) is 10.0 Å². The van der Waals surface area contributed by atoms with E-state index in [9.17, 15) is 23.3 Å². The summed E-state index contributed by atoms with van der Waals surface area (Å²) in [5, 5.41) is 14.0. The number of nitro groups is 1. The van der Waals surface area contributed by atoms with Crippen molar-refractivity contribution in [3.05, 3.63) is 68.2 Å². The number of rotatable bonds is 7. The van der Waals surface area contributed by atoms with Gasteiger partial charge in [0, 0.05) is 55.6 Å². The molecule has 1 aliphatic heterocycles. The van der Waals surface area contributed by atoms with Gasteiger partial charge in [-0.2, -0.15) is 4.31 Å². The van der Waals surface area contributed by atoms with E-state index in [1.165, 1.54) is 16.4 Å². The fraction of sp³-hybridized carbons (Fsp3) is 0.316. The number of hydrogen-bond acceptors (Lipinski definition) is 6. The minimum atomic E-state index is -3.58. The van der Waals surface area contributed by atoms with Gasteiger partial charge in [-0.25, -0.2) is 8.42 Å². The van der Waals surface area contributed by atoms with E-state index in [1.807, 2.05) is 18.2 Å². The van der Waals surface area contributed by atoms with Crippen molar-refractivity contribution >= 4 is 50.5 Å². The quantitative estimate of drug-likeness (QED) is 0.475. The highest BCUT2D eigenvalue weighted by molar-refractivity contribution is 7.89. The largest absolute Gasteiger partial charge is 0.369 e. The van der Waals surface area contributed by atoms with E-state index in [0.717, 1.165) is 11.8 Å². The van der Waals surface area contributed by atoms with Crippen molar-refractivity contribution < 1.29 is 18.1 Å². The van der Waals surface area contributed by atoms with E-state index >= 15 is 0 Å². The van der Waals surface area contributed by atoms with Crippen molar-refractivity contribution in [1.29, 1.82) is 0 Å². The molecule has 0 spiro atoms. The Morgan fingerprint density at radius 2 is 1.81 bits per heavy atom. The minimum Gasteiger partial charge on any atom is -0.369 e. The number of non-ortho nitro benzene ring substituents is 1. The van der Waals surface area contributed by atoms with Crippen molar-refractivity contribution in [2.45, 2.75) is 0 Å². The SMILES string of the molecule is O=C(NCCS(=O)(=O)N1CCN(c2cccc(Cl)c2)CC1)c1cc([N+](=O)[O-])ccc1Cl. The number of nitrogens with one attached hydrogen (secondary N) is 1. The number of nitro benzene ring substituents is 1. The standard InChI is InChI=1S/C19H20Cl2N4O5S/c20-14-2-1-3-15(12-14)23-7-9-24(10-8-23)31(29,30)11-6-22-19(26)17-13-16(25(27)28)4-5-18(17)21/h1-5,12-13H,6-11H2,(H,22,26). The van der Waals surface area contributed by atoms with Gasteiger partial charge in [0.15, 0.2) is 0 Å². The first kappa shape index (κ1) is 23.3. The zero-order valence-corrected chi connectivity index (χ0v) is 18.7. The van der Waals surface area contributed by atoms with Crippen LogP contribution in [0.3, 0.4) is 0 Å². The monoisotopic (exact) mass is 486 g/mol. The number of piperazine rings is 1. The number of hydrogen-bond donors (Lipinski definition) is 1. The normalized spacial score (nSPS) is 15.0. The summed E-state index contributed by atoms with van der Waals surface area (Å²) >= 11 is 12.0. The molecule has 1 fully saturated rings. The highest BCUT2D eigenvalue weighted by atomic mass is 35.5. The molecule has 1 heterocycles. The Balaban J connectivity index is 1.53. The summed E-state index contributed by atoms with van der Waals surface area (Å²) in [6.07, 6.45) is 0. The molecule has 1 amide bonds. The van der Waals surface area contributed by atoms with Gasteiger partial charge < -0.3 is 10.2 Å². The fourth-order valence-electron chi connectivity index (χ4n) is 3.22. The van der Waals surface area contributed by atoms with Crippen LogP contribution in [0.25, 0.3) is 0 Å². The van der Waals surface area contributed by atoms with E-state index in [-0.39, 0.29) is 28.6 Å². The lowest BCUT2D eigenvalue weighted by atomic mass is 10.2. The summed E-state index contributed by atoms with van der Waals surface area (Å²) in [4.78, 5) is 24.6. The van der Waals surface area contributed by atoms with Crippen LogP contribution in [-0.4, -0.2) is 62.0 Å². The van der Waals surface area contributed by atoms with Crippen molar-refractivity contribution in [2.24, 2.45) is 0 Å². The van der Waals surface area contributed by atoms with Crippen LogP contribution < -0.4 is 10.2 Å². The van der Waals surface area contributed by atoms with E-state index in [2.05, 4.69) is 10.2 Å². The van der Waals surface area contributed by atoms with Crippen LogP contribution in [0.5, 0.6) is 0 Å². The molecule has 1 N–H and O–H groups in total. The Hall–Kier alpha value is -2.40. The molecular weight excluding hydrogens is 467 g/mol. The molecule has 31 heavy (non-hydrogen) atoms. The van der Waals surface area contributed by atoms with Gasteiger partial charge in [-0.3, -0.25) is 14.9 Å². The summed E-state index contributed by atoms with van der Waals surface area (Å²) in [5.41, 5.74) is 0.578. The highest BCUT2D eigenvalue weighted by Crippen LogP contribution is 2.23. The van der Waals surface area contributed by atoms with Gasteiger partial charge in [0.25, 0.3) is 11.6 Å². The molecular formula is C19H20Cl2N4O5S. The van der Waals surface area contributed by atoms with Crippen LogP contribution in [0, 0.1) is 10.1 Å². The molecule has 166 valence electrons. The van der Waals surface area contributed by atoms with Gasteiger partial charge in [-0.05, 0) is 24.3 Å². The molecule has 2 aromatic carbocycles. The number of sulfonamides is 1. The molecule has 0 aromatic heterocycles. The lowest BCUT2D eigenvalue weighted by molar-refractivity contribution is -0.384. The summed E-state index contributed by atoms with van der Waals surface area (Å²) < 4.78 is 26.7. The average molecular weight is 487 g/mol. The average Bonchev–Trinajstić information content (AvgIpc) is 2.73. The zero-order valence-electron chi connectivity index (χ0n) is 16.3. The molecule has 0 aliphatic carbocycles. The number of carbonyl (C=O) groups excluding carboxylic acids is 1. The smallest absolute Gasteiger partial charge is 0.270 e. The first-order valence-corrected chi connectivity index (χ1v) is 11.7. The topological polar surface area (TPSA) is 113 Å². The molecule has 9 nitrogen and oxygen atoms in total. The third-order valence-electron chi connectivity index (χ3n) is 4.86. The molecule has 1 aliphatic rings. The van der Waals surface area contributed by atoms with Crippen LogP contribution in [0.15, 0.2) is 42.5 Å². The van der Waals surface area contributed by atoms with E-state index in [1.54, 1.807) is 6.07 Å². The summed E-state index contributed by atoms with van der Waals surface area (Å²) in [6.45, 7) is 1.54. The first-order chi connectivity index (χ1) is 14.7. The second kappa shape index (κ2) is 9.82. The lowest BCUT2D eigenvalue weighted by Crippen LogP contribution is -2.50. The van der Waals surface area contributed by atoms with Crippen LogP contribution in [0.4, 0.5) is 11.4 Å². The third kappa shape index (κ3) is 5.85. The highest BCUT2D eigenvalue weighted by Gasteiger charge is 2.27. The van der Waals surface area contributed by atoms with Gasteiger partial charge in [0.2, 0.25) is 10.0 Å². The first-order valence-electron chi connectivity index (χ1n) is 9.38. The molecule has 3 rings (SSSR count). The van der Waals surface area contributed by atoms with E-state index in [4.69, 9.17) is 23.2 Å². The number of nitrogens with zero attached hydrogens (tertiary/aromatic N) is 3. The number of benzene rings is 2.